The summed E-state index contributed by atoms with van der Waals surface area (Å²) in [6.07, 6.45) is 5.35. The van der Waals surface area contributed by atoms with Crippen molar-refractivity contribution in [3.8, 4) is 0 Å². The number of amides is 2. The number of carbonyl (C=O) groups excluding carboxylic acids is 2. The third-order valence-electron chi connectivity index (χ3n) is 9.74. The van der Waals surface area contributed by atoms with E-state index in [1.807, 2.05) is 30.3 Å². The second-order valence-corrected chi connectivity index (χ2v) is 11.6. The van der Waals surface area contributed by atoms with Gasteiger partial charge < -0.3 is 15.5 Å². The molecule has 0 spiro atoms. The zero-order valence-corrected chi connectivity index (χ0v) is 21.6. The first-order valence-electron chi connectivity index (χ1n) is 14.3. The monoisotopic (exact) mass is 505 g/mol. The average molecular weight is 506 g/mol. The van der Waals surface area contributed by atoms with Gasteiger partial charge in [0.05, 0.1) is 18.0 Å². The van der Waals surface area contributed by atoms with Crippen molar-refractivity contribution in [1.82, 2.24) is 10.2 Å². The van der Waals surface area contributed by atoms with Crippen molar-refractivity contribution >= 4 is 17.5 Å². The van der Waals surface area contributed by atoms with Crippen LogP contribution in [0.2, 0.25) is 0 Å². The molecule has 3 aromatic carbocycles. The Balaban J connectivity index is 1.21. The summed E-state index contributed by atoms with van der Waals surface area (Å²) >= 11 is 0. The third kappa shape index (κ3) is 3.91. The zero-order valence-electron chi connectivity index (χ0n) is 21.6. The molecule has 5 nitrogen and oxygen atoms in total. The Labute approximate surface area is 224 Å². The van der Waals surface area contributed by atoms with Crippen LogP contribution in [0.3, 0.4) is 0 Å². The molecular weight excluding hydrogens is 470 g/mol. The van der Waals surface area contributed by atoms with Gasteiger partial charge in [-0.25, -0.2) is 0 Å². The Morgan fingerprint density at radius 1 is 0.763 bits per heavy atom. The van der Waals surface area contributed by atoms with E-state index in [-0.39, 0.29) is 35.9 Å². The predicted octanol–water partition coefficient (Wildman–Crippen LogP) is 5.98. The number of anilines is 1. The molecule has 2 N–H and O–H groups in total. The number of nitrogens with one attached hydrogen (secondary N) is 2. The number of likely N-dealkylation sites (tertiary alicyclic amines) is 1. The van der Waals surface area contributed by atoms with Crippen LogP contribution < -0.4 is 10.6 Å². The number of para-hydroxylation sites is 1. The second kappa shape index (κ2) is 9.61. The molecule has 2 bridgehead atoms. The normalized spacial score (nSPS) is 31.2. The minimum absolute atomic E-state index is 0.0519. The van der Waals surface area contributed by atoms with Crippen LogP contribution >= 0.6 is 0 Å². The van der Waals surface area contributed by atoms with Crippen LogP contribution in [0.1, 0.15) is 65.7 Å². The van der Waals surface area contributed by atoms with Gasteiger partial charge in [0.15, 0.2) is 0 Å². The van der Waals surface area contributed by atoms with E-state index in [4.69, 9.17) is 0 Å². The van der Waals surface area contributed by atoms with Crippen LogP contribution in [0.25, 0.3) is 0 Å². The number of benzene rings is 3. The molecule has 5 aliphatic rings. The minimum atomic E-state index is -0.147. The molecule has 3 aliphatic carbocycles. The van der Waals surface area contributed by atoms with Crippen LogP contribution in [0, 0.1) is 23.7 Å². The summed E-state index contributed by atoms with van der Waals surface area (Å²) in [5, 5.41) is 7.16. The maximum absolute atomic E-state index is 14.6. The molecule has 3 aromatic rings. The maximum Gasteiger partial charge on any atom is 0.251 e. The fourth-order valence-corrected chi connectivity index (χ4v) is 7.99. The van der Waals surface area contributed by atoms with Crippen molar-refractivity contribution in [3.05, 3.63) is 102 Å². The summed E-state index contributed by atoms with van der Waals surface area (Å²) < 4.78 is 0. The number of nitrogens with zero attached hydrogens (tertiary/aromatic N) is 1. The number of rotatable bonds is 4. The molecule has 2 heterocycles. The van der Waals surface area contributed by atoms with Crippen molar-refractivity contribution in [1.29, 1.82) is 0 Å². The van der Waals surface area contributed by atoms with Crippen molar-refractivity contribution < 1.29 is 9.59 Å². The first-order chi connectivity index (χ1) is 18.7. The summed E-state index contributed by atoms with van der Waals surface area (Å²) in [7, 11) is 0. The molecule has 5 atom stereocenters. The molecular formula is C33H35N3O2. The molecule has 8 rings (SSSR count). The lowest BCUT2D eigenvalue weighted by Crippen LogP contribution is -2.58. The van der Waals surface area contributed by atoms with Gasteiger partial charge in [0.25, 0.3) is 5.91 Å². The fourth-order valence-electron chi connectivity index (χ4n) is 7.99. The molecule has 4 fully saturated rings. The van der Waals surface area contributed by atoms with Gasteiger partial charge in [-0.05, 0) is 73.3 Å². The highest BCUT2D eigenvalue weighted by atomic mass is 16.2. The lowest BCUT2D eigenvalue weighted by Gasteiger charge is -2.50. The summed E-state index contributed by atoms with van der Waals surface area (Å²) in [6.45, 7) is 0.765. The lowest BCUT2D eigenvalue weighted by atomic mass is 9.61. The zero-order chi connectivity index (χ0) is 25.6. The van der Waals surface area contributed by atoms with Crippen molar-refractivity contribution in [2.75, 3.05) is 11.9 Å². The number of fused-ring (bicyclic) bond motifs is 6. The Bertz CT molecular complexity index is 1320. The van der Waals surface area contributed by atoms with Crippen LogP contribution in [0.15, 0.2) is 84.9 Å². The van der Waals surface area contributed by atoms with Gasteiger partial charge in [-0.2, -0.15) is 0 Å². The predicted molar refractivity (Wildman–Crippen MR) is 148 cm³/mol. The highest BCUT2D eigenvalue weighted by Crippen LogP contribution is 2.53. The molecule has 1 saturated heterocycles. The Hall–Kier alpha value is -3.60. The molecule has 2 aliphatic heterocycles. The highest BCUT2D eigenvalue weighted by molar-refractivity contribution is 5.95. The molecule has 38 heavy (non-hydrogen) atoms. The van der Waals surface area contributed by atoms with E-state index in [2.05, 4.69) is 70.1 Å². The van der Waals surface area contributed by atoms with Crippen LogP contribution in [-0.2, 0) is 4.79 Å². The number of carbonyl (C=O) groups is 2. The summed E-state index contributed by atoms with van der Waals surface area (Å²) in [5.41, 5.74) is 4.29. The number of hydrogen-bond acceptors (Lipinski definition) is 3. The van der Waals surface area contributed by atoms with Crippen LogP contribution in [0.5, 0.6) is 0 Å². The topological polar surface area (TPSA) is 61.4 Å². The number of hydrogen-bond donors (Lipinski definition) is 2. The largest absolute Gasteiger partial charge is 0.378 e. The van der Waals surface area contributed by atoms with Crippen LogP contribution in [0.4, 0.5) is 5.69 Å². The summed E-state index contributed by atoms with van der Waals surface area (Å²) in [4.78, 5) is 30.0. The highest BCUT2D eigenvalue weighted by Gasteiger charge is 2.53. The second-order valence-electron chi connectivity index (χ2n) is 11.6. The molecule has 194 valence electrons. The van der Waals surface area contributed by atoms with Gasteiger partial charge >= 0.3 is 0 Å². The fraction of sp³-hybridized carbons (Fsp3) is 0.394. The minimum Gasteiger partial charge on any atom is -0.378 e. The smallest absolute Gasteiger partial charge is 0.251 e. The Kier molecular flexibility index (Phi) is 5.95. The van der Waals surface area contributed by atoms with Crippen molar-refractivity contribution in [2.24, 2.45) is 23.7 Å². The SMILES string of the molecule is O=C(N[C@H]1C2CCC(CC2)[C@H]1C(=O)N1CC[C@H]2[C@@H](c3ccccc3)Nc3ccccc3[C@H]21)c1ccccc1. The van der Waals surface area contributed by atoms with E-state index in [0.29, 0.717) is 23.3 Å². The summed E-state index contributed by atoms with van der Waals surface area (Å²) in [5.74, 6) is 1.07. The molecule has 2 amide bonds. The van der Waals surface area contributed by atoms with Gasteiger partial charge in [-0.1, -0.05) is 66.7 Å². The van der Waals surface area contributed by atoms with E-state index >= 15 is 0 Å². The van der Waals surface area contributed by atoms with E-state index in [9.17, 15) is 9.59 Å². The van der Waals surface area contributed by atoms with Gasteiger partial charge in [-0.15, -0.1) is 0 Å². The van der Waals surface area contributed by atoms with E-state index in [1.54, 1.807) is 0 Å². The van der Waals surface area contributed by atoms with Crippen molar-refractivity contribution in [2.45, 2.75) is 50.2 Å². The van der Waals surface area contributed by atoms with E-state index in [0.717, 1.165) is 44.3 Å². The molecule has 0 radical (unpaired) electrons. The first-order valence-corrected chi connectivity index (χ1v) is 14.3. The molecule has 0 aromatic heterocycles. The van der Waals surface area contributed by atoms with Gasteiger partial charge in [0.1, 0.15) is 0 Å². The third-order valence-corrected chi connectivity index (χ3v) is 9.74. The maximum atomic E-state index is 14.6. The Morgan fingerprint density at radius 2 is 1.42 bits per heavy atom. The molecule has 0 unspecified atom stereocenters. The van der Waals surface area contributed by atoms with Crippen LogP contribution in [-0.4, -0.2) is 29.3 Å². The molecule has 3 saturated carbocycles. The van der Waals surface area contributed by atoms with Gasteiger partial charge in [-0.3, -0.25) is 9.59 Å². The quantitative estimate of drug-likeness (QED) is 0.459. The standard InChI is InChI=1S/C33H35N3O2/c37-32(24-11-5-2-6-12-24)35-30-23-17-15-21(16-18-23)28(30)33(38)36-20-19-26-29(22-9-3-1-4-10-22)34-27-14-8-7-13-25(27)31(26)36/h1-14,21,23,26,28-31,34H,15-20H2,(H,35,37)/t21?,23?,26-,28+,29+,30-,31+/m0/s1. The first kappa shape index (κ1) is 23.5. The average Bonchev–Trinajstić information content (AvgIpc) is 3.43. The van der Waals surface area contributed by atoms with E-state index in [1.165, 1.54) is 11.1 Å². The van der Waals surface area contributed by atoms with Gasteiger partial charge in [0, 0.05) is 29.8 Å². The van der Waals surface area contributed by atoms with Gasteiger partial charge in [0.2, 0.25) is 5.91 Å². The Morgan fingerprint density at radius 3 is 2.18 bits per heavy atom. The summed E-state index contributed by atoms with van der Waals surface area (Å²) in [6, 6.07) is 28.7. The lowest BCUT2D eigenvalue weighted by molar-refractivity contribution is -0.144. The van der Waals surface area contributed by atoms with E-state index < -0.39 is 0 Å². The van der Waals surface area contributed by atoms with Crippen molar-refractivity contribution in [3.63, 3.8) is 0 Å². The molecule has 5 heteroatoms.